The van der Waals surface area contributed by atoms with Crippen LogP contribution in [-0.4, -0.2) is 10.8 Å². The molecule has 0 radical (unpaired) electrons. The fourth-order valence-corrected chi connectivity index (χ4v) is 2.51. The fraction of sp³-hybridized carbons (Fsp3) is 0.385. The molecule has 0 aliphatic rings. The molecule has 2 aromatic rings. The summed E-state index contributed by atoms with van der Waals surface area (Å²) >= 11 is 1.80. The number of hydrogen-bond donors (Lipinski definition) is 0. The van der Waals surface area contributed by atoms with E-state index in [1.165, 1.54) is 21.5 Å². The molecule has 0 N–H and O–H groups in total. The molecule has 0 atom stereocenters. The van der Waals surface area contributed by atoms with E-state index in [4.69, 9.17) is 0 Å². The van der Waals surface area contributed by atoms with Gasteiger partial charge in [-0.1, -0.05) is 19.9 Å². The quantitative estimate of drug-likeness (QED) is 0.690. The standard InChI is InChI=1S/C13H17NS/c1-9(2)10-5-6-12-11(7-10)8-13(15-4)14(12)3/h5-9H,1-4H3. The Hall–Kier alpha value is -0.890. The summed E-state index contributed by atoms with van der Waals surface area (Å²) in [6, 6.07) is 9.03. The summed E-state index contributed by atoms with van der Waals surface area (Å²) in [6.45, 7) is 4.47. The highest BCUT2D eigenvalue weighted by Gasteiger charge is 2.06. The van der Waals surface area contributed by atoms with Crippen molar-refractivity contribution in [2.24, 2.45) is 7.05 Å². The molecule has 0 amide bonds. The normalized spacial score (nSPS) is 11.5. The average molecular weight is 219 g/mol. The van der Waals surface area contributed by atoms with Crippen LogP contribution in [-0.2, 0) is 7.05 Å². The Morgan fingerprint density at radius 3 is 2.53 bits per heavy atom. The van der Waals surface area contributed by atoms with Gasteiger partial charge in [-0.15, -0.1) is 11.8 Å². The van der Waals surface area contributed by atoms with Crippen LogP contribution in [0.15, 0.2) is 29.3 Å². The minimum atomic E-state index is 0.604. The van der Waals surface area contributed by atoms with Gasteiger partial charge >= 0.3 is 0 Å². The first kappa shape index (κ1) is 10.6. The third-order valence-electron chi connectivity index (χ3n) is 2.90. The van der Waals surface area contributed by atoms with Crippen LogP contribution >= 0.6 is 11.8 Å². The van der Waals surface area contributed by atoms with E-state index in [9.17, 15) is 0 Å². The number of aryl methyl sites for hydroxylation is 1. The minimum absolute atomic E-state index is 0.604. The molecule has 1 heterocycles. The van der Waals surface area contributed by atoms with Crippen molar-refractivity contribution < 1.29 is 0 Å². The predicted octanol–water partition coefficient (Wildman–Crippen LogP) is 4.02. The maximum absolute atomic E-state index is 2.31. The lowest BCUT2D eigenvalue weighted by Crippen LogP contribution is -1.90. The smallest absolute Gasteiger partial charge is 0.0753 e. The summed E-state index contributed by atoms with van der Waals surface area (Å²) in [5.41, 5.74) is 2.74. The molecule has 15 heavy (non-hydrogen) atoms. The van der Waals surface area contributed by atoms with Gasteiger partial charge in [0.25, 0.3) is 0 Å². The number of fused-ring (bicyclic) bond motifs is 1. The topological polar surface area (TPSA) is 4.93 Å². The number of benzene rings is 1. The fourth-order valence-electron chi connectivity index (χ4n) is 1.90. The van der Waals surface area contributed by atoms with E-state index >= 15 is 0 Å². The second-order valence-electron chi connectivity index (χ2n) is 4.22. The van der Waals surface area contributed by atoms with E-state index in [-0.39, 0.29) is 0 Å². The van der Waals surface area contributed by atoms with E-state index in [0.29, 0.717) is 5.92 Å². The van der Waals surface area contributed by atoms with Gasteiger partial charge < -0.3 is 4.57 Å². The molecule has 0 spiro atoms. The molecule has 0 bridgehead atoms. The third-order valence-corrected chi connectivity index (χ3v) is 3.71. The van der Waals surface area contributed by atoms with E-state index in [1.54, 1.807) is 11.8 Å². The van der Waals surface area contributed by atoms with Gasteiger partial charge in [0.15, 0.2) is 0 Å². The third kappa shape index (κ3) is 1.78. The van der Waals surface area contributed by atoms with Crippen LogP contribution in [0.5, 0.6) is 0 Å². The maximum Gasteiger partial charge on any atom is 0.0753 e. The maximum atomic E-state index is 2.31. The molecule has 1 aromatic heterocycles. The second kappa shape index (κ2) is 3.93. The Morgan fingerprint density at radius 1 is 1.20 bits per heavy atom. The molecule has 1 aromatic carbocycles. The lowest BCUT2D eigenvalue weighted by atomic mass is 10.0. The zero-order valence-electron chi connectivity index (χ0n) is 9.74. The van der Waals surface area contributed by atoms with E-state index in [2.05, 4.69) is 56.0 Å². The van der Waals surface area contributed by atoms with Crippen molar-refractivity contribution in [3.63, 3.8) is 0 Å². The van der Waals surface area contributed by atoms with Crippen molar-refractivity contribution >= 4 is 22.7 Å². The van der Waals surface area contributed by atoms with Crippen LogP contribution in [0.3, 0.4) is 0 Å². The van der Waals surface area contributed by atoms with Crippen molar-refractivity contribution in [1.29, 1.82) is 0 Å². The number of hydrogen-bond acceptors (Lipinski definition) is 1. The Balaban J connectivity index is 2.63. The second-order valence-corrected chi connectivity index (χ2v) is 5.05. The Bertz CT molecular complexity index is 482. The Morgan fingerprint density at radius 2 is 1.93 bits per heavy atom. The predicted molar refractivity (Wildman–Crippen MR) is 68.8 cm³/mol. The molecule has 2 rings (SSSR count). The van der Waals surface area contributed by atoms with Crippen molar-refractivity contribution in [3.8, 4) is 0 Å². The number of aromatic nitrogens is 1. The largest absolute Gasteiger partial charge is 0.339 e. The number of rotatable bonds is 2. The number of nitrogens with zero attached hydrogens (tertiary/aromatic N) is 1. The highest BCUT2D eigenvalue weighted by Crippen LogP contribution is 2.27. The first-order valence-corrected chi connectivity index (χ1v) is 6.49. The van der Waals surface area contributed by atoms with Crippen molar-refractivity contribution in [2.75, 3.05) is 6.26 Å². The first-order chi connectivity index (χ1) is 7.13. The summed E-state index contributed by atoms with van der Waals surface area (Å²) in [4.78, 5) is 0. The summed E-state index contributed by atoms with van der Waals surface area (Å²) in [5, 5.41) is 2.68. The molecule has 2 heteroatoms. The SMILES string of the molecule is CSc1cc2cc(C(C)C)ccc2n1C. The zero-order chi connectivity index (χ0) is 11.0. The van der Waals surface area contributed by atoms with Crippen LogP contribution in [0.25, 0.3) is 10.9 Å². The zero-order valence-corrected chi connectivity index (χ0v) is 10.6. The van der Waals surface area contributed by atoms with Crippen molar-refractivity contribution in [2.45, 2.75) is 24.8 Å². The lowest BCUT2D eigenvalue weighted by Gasteiger charge is -2.05. The minimum Gasteiger partial charge on any atom is -0.339 e. The van der Waals surface area contributed by atoms with Crippen LogP contribution in [0, 0.1) is 0 Å². The van der Waals surface area contributed by atoms with Gasteiger partial charge in [0.05, 0.1) is 5.03 Å². The van der Waals surface area contributed by atoms with Gasteiger partial charge in [-0.2, -0.15) is 0 Å². The summed E-state index contributed by atoms with van der Waals surface area (Å²) in [6.07, 6.45) is 2.12. The molecule has 0 aliphatic carbocycles. The van der Waals surface area contributed by atoms with Gasteiger partial charge in [-0.05, 0) is 35.9 Å². The molecule has 0 aliphatic heterocycles. The highest BCUT2D eigenvalue weighted by atomic mass is 32.2. The molecular weight excluding hydrogens is 202 g/mol. The molecule has 0 saturated heterocycles. The molecule has 0 fully saturated rings. The van der Waals surface area contributed by atoms with Gasteiger partial charge in [-0.3, -0.25) is 0 Å². The number of thioether (sulfide) groups is 1. The highest BCUT2D eigenvalue weighted by molar-refractivity contribution is 7.98. The van der Waals surface area contributed by atoms with Gasteiger partial charge in [0.1, 0.15) is 0 Å². The summed E-state index contributed by atoms with van der Waals surface area (Å²) < 4.78 is 2.25. The van der Waals surface area contributed by atoms with Crippen LogP contribution in [0.2, 0.25) is 0 Å². The van der Waals surface area contributed by atoms with Crippen LogP contribution in [0.1, 0.15) is 25.3 Å². The van der Waals surface area contributed by atoms with Crippen LogP contribution in [0.4, 0.5) is 0 Å². The molecular formula is C13H17NS. The van der Waals surface area contributed by atoms with Gasteiger partial charge in [-0.25, -0.2) is 0 Å². The Labute approximate surface area is 95.5 Å². The molecule has 1 nitrogen and oxygen atoms in total. The monoisotopic (exact) mass is 219 g/mol. The summed E-state index contributed by atoms with van der Waals surface area (Å²) in [5.74, 6) is 0.604. The lowest BCUT2D eigenvalue weighted by molar-refractivity contribution is 0.858. The average Bonchev–Trinajstić information content (AvgIpc) is 2.55. The molecule has 0 saturated carbocycles. The molecule has 80 valence electrons. The Kier molecular flexibility index (Phi) is 2.79. The van der Waals surface area contributed by atoms with Gasteiger partial charge in [0.2, 0.25) is 0 Å². The van der Waals surface area contributed by atoms with E-state index < -0.39 is 0 Å². The molecule has 0 unspecified atom stereocenters. The van der Waals surface area contributed by atoms with Crippen LogP contribution < -0.4 is 0 Å². The van der Waals surface area contributed by atoms with E-state index in [1.807, 2.05) is 0 Å². The summed E-state index contributed by atoms with van der Waals surface area (Å²) in [7, 11) is 2.13. The van der Waals surface area contributed by atoms with Gasteiger partial charge in [0, 0.05) is 18.0 Å². The van der Waals surface area contributed by atoms with Crippen molar-refractivity contribution in [3.05, 3.63) is 29.8 Å². The van der Waals surface area contributed by atoms with E-state index in [0.717, 1.165) is 0 Å². The van der Waals surface area contributed by atoms with Crippen molar-refractivity contribution in [1.82, 2.24) is 4.57 Å². The first-order valence-electron chi connectivity index (χ1n) is 5.27.